The number of alkyl halides is 1. The highest BCUT2D eigenvalue weighted by Crippen LogP contribution is 2.25. The first-order chi connectivity index (χ1) is 6.19. The van der Waals surface area contributed by atoms with E-state index in [-0.39, 0.29) is 5.92 Å². The van der Waals surface area contributed by atoms with Crippen LogP contribution >= 0.6 is 22.6 Å². The molecule has 1 aromatic rings. The van der Waals surface area contributed by atoms with E-state index in [1.54, 1.807) is 7.11 Å². The normalized spacial score (nSPS) is 12.6. The molecule has 1 radical (unpaired) electrons. The number of rotatable bonds is 3. The number of benzene rings is 1. The third-order valence-corrected chi connectivity index (χ3v) is 2.72. The molecule has 1 nitrogen and oxygen atoms in total. The second-order valence-electron chi connectivity index (χ2n) is 2.75. The lowest BCUT2D eigenvalue weighted by Gasteiger charge is -2.09. The molecule has 1 aromatic carbocycles. The Labute approximate surface area is 91.4 Å². The van der Waals surface area contributed by atoms with E-state index in [1.165, 1.54) is 0 Å². The Morgan fingerprint density at radius 2 is 2.31 bits per heavy atom. The highest BCUT2D eigenvalue weighted by atomic mass is 127. The summed E-state index contributed by atoms with van der Waals surface area (Å²) in [4.78, 5) is 0. The van der Waals surface area contributed by atoms with Crippen molar-refractivity contribution in [2.45, 2.75) is 5.92 Å². The summed E-state index contributed by atoms with van der Waals surface area (Å²) in [6.45, 7) is 3.26. The van der Waals surface area contributed by atoms with Gasteiger partial charge in [-0.05, 0) is 47.2 Å². The van der Waals surface area contributed by atoms with Gasteiger partial charge in [0.1, 0.15) is 5.75 Å². The van der Waals surface area contributed by atoms with Crippen molar-refractivity contribution in [2.75, 3.05) is 13.8 Å². The molecule has 0 saturated heterocycles. The molecule has 0 N–H and O–H groups in total. The zero-order valence-corrected chi connectivity index (χ0v) is 9.55. The molecule has 0 aliphatic carbocycles. The van der Waals surface area contributed by atoms with Gasteiger partial charge in [0, 0.05) is 5.92 Å². The standard InChI is InChI=1S/C10H11FIO/c1-7(6-11)8-3-4-9(12)10(5-8)13-2/h3-5,7H,1,6H2,2H3. The fourth-order valence-electron chi connectivity index (χ4n) is 1.02. The topological polar surface area (TPSA) is 9.23 Å². The van der Waals surface area contributed by atoms with Crippen molar-refractivity contribution < 1.29 is 9.13 Å². The summed E-state index contributed by atoms with van der Waals surface area (Å²) in [7, 11) is 1.61. The van der Waals surface area contributed by atoms with Crippen molar-refractivity contribution in [3.8, 4) is 5.75 Å². The first-order valence-electron chi connectivity index (χ1n) is 3.91. The maximum atomic E-state index is 12.3. The van der Waals surface area contributed by atoms with Crippen LogP contribution in [0.4, 0.5) is 4.39 Å². The molecule has 0 aliphatic rings. The largest absolute Gasteiger partial charge is 0.496 e. The molecule has 0 heterocycles. The van der Waals surface area contributed by atoms with Crippen molar-refractivity contribution in [3.05, 3.63) is 34.3 Å². The van der Waals surface area contributed by atoms with Crippen LogP contribution < -0.4 is 4.74 Å². The Kier molecular flexibility index (Phi) is 3.96. The summed E-state index contributed by atoms with van der Waals surface area (Å²) in [6, 6.07) is 5.61. The molecule has 0 amide bonds. The SMILES string of the molecule is [CH2]C(CF)c1ccc(I)c(OC)c1. The Balaban J connectivity index is 2.99. The van der Waals surface area contributed by atoms with Crippen molar-refractivity contribution in [3.63, 3.8) is 0 Å². The van der Waals surface area contributed by atoms with Crippen LogP contribution in [-0.4, -0.2) is 13.8 Å². The van der Waals surface area contributed by atoms with E-state index in [4.69, 9.17) is 4.74 Å². The number of halogens is 2. The maximum absolute atomic E-state index is 12.3. The van der Waals surface area contributed by atoms with Gasteiger partial charge in [0.05, 0.1) is 17.4 Å². The summed E-state index contributed by atoms with van der Waals surface area (Å²) >= 11 is 2.17. The average Bonchev–Trinajstić information content (AvgIpc) is 2.17. The molecule has 13 heavy (non-hydrogen) atoms. The molecular formula is C10H11FIO. The van der Waals surface area contributed by atoms with Crippen LogP contribution in [0, 0.1) is 10.5 Å². The molecular weight excluding hydrogens is 282 g/mol. The summed E-state index contributed by atoms with van der Waals surface area (Å²) < 4.78 is 18.4. The number of hydrogen-bond donors (Lipinski definition) is 0. The van der Waals surface area contributed by atoms with E-state index >= 15 is 0 Å². The van der Waals surface area contributed by atoms with Crippen LogP contribution in [-0.2, 0) is 0 Å². The van der Waals surface area contributed by atoms with E-state index in [1.807, 2.05) is 18.2 Å². The summed E-state index contributed by atoms with van der Waals surface area (Å²) in [5, 5.41) is 0. The van der Waals surface area contributed by atoms with Gasteiger partial charge in [0.15, 0.2) is 0 Å². The van der Waals surface area contributed by atoms with E-state index < -0.39 is 6.67 Å². The highest BCUT2D eigenvalue weighted by molar-refractivity contribution is 14.1. The van der Waals surface area contributed by atoms with Crippen LogP contribution in [0.15, 0.2) is 18.2 Å². The molecule has 0 fully saturated rings. The first kappa shape index (κ1) is 10.8. The van der Waals surface area contributed by atoms with Gasteiger partial charge in [-0.1, -0.05) is 6.07 Å². The average molecular weight is 293 g/mol. The van der Waals surface area contributed by atoms with Crippen LogP contribution in [0.25, 0.3) is 0 Å². The zero-order chi connectivity index (χ0) is 9.84. The van der Waals surface area contributed by atoms with Crippen LogP contribution in [0.2, 0.25) is 0 Å². The molecule has 0 aromatic heterocycles. The van der Waals surface area contributed by atoms with Gasteiger partial charge in [0.25, 0.3) is 0 Å². The third kappa shape index (κ3) is 2.56. The van der Waals surface area contributed by atoms with Gasteiger partial charge in [-0.25, -0.2) is 0 Å². The molecule has 0 bridgehead atoms. The number of hydrogen-bond acceptors (Lipinski definition) is 1. The molecule has 1 unspecified atom stereocenters. The first-order valence-corrected chi connectivity index (χ1v) is 4.99. The van der Waals surface area contributed by atoms with E-state index in [9.17, 15) is 4.39 Å². The number of ether oxygens (including phenoxy) is 1. The van der Waals surface area contributed by atoms with Gasteiger partial charge in [-0.2, -0.15) is 0 Å². The van der Waals surface area contributed by atoms with E-state index in [0.29, 0.717) is 0 Å². The smallest absolute Gasteiger partial charge is 0.132 e. The molecule has 0 spiro atoms. The van der Waals surface area contributed by atoms with Crippen LogP contribution in [0.5, 0.6) is 5.75 Å². The van der Waals surface area contributed by atoms with Gasteiger partial charge >= 0.3 is 0 Å². The summed E-state index contributed by atoms with van der Waals surface area (Å²) in [6.07, 6.45) is 0. The highest BCUT2D eigenvalue weighted by Gasteiger charge is 2.07. The second kappa shape index (κ2) is 4.79. The van der Waals surface area contributed by atoms with Gasteiger partial charge in [0.2, 0.25) is 0 Å². The van der Waals surface area contributed by atoms with Crippen molar-refractivity contribution in [2.24, 2.45) is 0 Å². The van der Waals surface area contributed by atoms with E-state index in [2.05, 4.69) is 29.5 Å². The Hall–Kier alpha value is -0.320. The summed E-state index contributed by atoms with van der Waals surface area (Å²) in [5.41, 5.74) is 0.875. The Morgan fingerprint density at radius 3 is 2.85 bits per heavy atom. The minimum atomic E-state index is -0.441. The maximum Gasteiger partial charge on any atom is 0.132 e. The minimum absolute atomic E-state index is 0.300. The predicted molar refractivity (Wildman–Crippen MR) is 59.8 cm³/mol. The fourth-order valence-corrected chi connectivity index (χ4v) is 1.58. The van der Waals surface area contributed by atoms with Crippen molar-refractivity contribution >= 4 is 22.6 Å². The van der Waals surface area contributed by atoms with Gasteiger partial charge in [-0.3, -0.25) is 4.39 Å². The summed E-state index contributed by atoms with van der Waals surface area (Å²) in [5.74, 6) is 0.478. The second-order valence-corrected chi connectivity index (χ2v) is 3.91. The predicted octanol–water partition coefficient (Wildman–Crippen LogP) is 3.19. The lowest BCUT2D eigenvalue weighted by molar-refractivity contribution is 0.409. The third-order valence-electron chi connectivity index (χ3n) is 1.83. The fraction of sp³-hybridized carbons (Fsp3) is 0.300. The van der Waals surface area contributed by atoms with Gasteiger partial charge in [-0.15, -0.1) is 0 Å². The van der Waals surface area contributed by atoms with E-state index in [0.717, 1.165) is 14.9 Å². The van der Waals surface area contributed by atoms with Crippen molar-refractivity contribution in [1.29, 1.82) is 0 Å². The molecule has 71 valence electrons. The van der Waals surface area contributed by atoms with Crippen LogP contribution in [0.3, 0.4) is 0 Å². The Morgan fingerprint density at radius 1 is 1.62 bits per heavy atom. The number of methoxy groups -OCH3 is 1. The molecule has 1 atom stereocenters. The monoisotopic (exact) mass is 293 g/mol. The molecule has 0 saturated carbocycles. The molecule has 3 heteroatoms. The Bertz CT molecular complexity index is 288. The van der Waals surface area contributed by atoms with Crippen LogP contribution in [0.1, 0.15) is 11.5 Å². The molecule has 0 aliphatic heterocycles. The lowest BCUT2D eigenvalue weighted by Crippen LogP contribution is -1.97. The van der Waals surface area contributed by atoms with Crippen molar-refractivity contribution in [1.82, 2.24) is 0 Å². The quantitative estimate of drug-likeness (QED) is 0.778. The minimum Gasteiger partial charge on any atom is -0.496 e. The van der Waals surface area contributed by atoms with Gasteiger partial charge < -0.3 is 4.74 Å². The zero-order valence-electron chi connectivity index (χ0n) is 7.39. The lowest BCUT2D eigenvalue weighted by atomic mass is 10.0. The molecule has 1 rings (SSSR count).